The largest absolute Gasteiger partial charge is 0.326 e. The molecule has 0 amide bonds. The molecule has 1 atom stereocenters. The highest BCUT2D eigenvalue weighted by Gasteiger charge is 2.29. The van der Waals surface area contributed by atoms with Gasteiger partial charge in [0.15, 0.2) is 5.78 Å². The van der Waals surface area contributed by atoms with Crippen molar-refractivity contribution in [3.8, 4) is 0 Å². The lowest BCUT2D eigenvalue weighted by Crippen LogP contribution is -2.30. The molecule has 1 N–H and O–H groups in total. The highest BCUT2D eigenvalue weighted by molar-refractivity contribution is 8.06. The summed E-state index contributed by atoms with van der Waals surface area (Å²) in [6.45, 7) is 3.49. The van der Waals surface area contributed by atoms with Gasteiger partial charge in [-0.25, -0.2) is 0 Å². The van der Waals surface area contributed by atoms with Gasteiger partial charge in [-0.15, -0.1) is 4.47 Å². The fraction of sp³-hybridized carbons (Fsp3) is 0.176. The standard InChI is InChI=1S/C17H16BN3O2S/c1-19-11-16(12-4-6-13(18)7-5-12)24-21(23)17-9-8-15(22)14-3-2-10-20(14)17/h2-7,10-11,17,23H,1,8-9H2/b16-11-. The maximum Gasteiger partial charge on any atom is 0.179 e. The van der Waals surface area contributed by atoms with Gasteiger partial charge in [0.05, 0.1) is 10.6 Å². The topological polar surface area (TPSA) is 57.8 Å². The predicted octanol–water partition coefficient (Wildman–Crippen LogP) is 2.80. The number of nitrogens with zero attached hydrogens (tertiary/aromatic N) is 3. The Balaban J connectivity index is 1.82. The molecule has 0 fully saturated rings. The Morgan fingerprint density at radius 2 is 2.17 bits per heavy atom. The second-order valence-corrected chi connectivity index (χ2v) is 6.43. The number of hydrogen-bond acceptors (Lipinski definition) is 5. The minimum absolute atomic E-state index is 0.0942. The zero-order chi connectivity index (χ0) is 17.1. The molecule has 5 nitrogen and oxygen atoms in total. The van der Waals surface area contributed by atoms with Crippen LogP contribution in [0, 0.1) is 0 Å². The maximum absolute atomic E-state index is 11.9. The molecule has 120 valence electrons. The van der Waals surface area contributed by atoms with Crippen LogP contribution in [-0.2, 0) is 0 Å². The molecule has 1 aromatic carbocycles. The highest BCUT2D eigenvalue weighted by atomic mass is 32.2. The molecule has 0 saturated carbocycles. The third kappa shape index (κ3) is 3.38. The number of carbonyl (C=O) groups excluding carboxylic acids is 1. The van der Waals surface area contributed by atoms with Gasteiger partial charge in [0.25, 0.3) is 0 Å². The minimum Gasteiger partial charge on any atom is -0.326 e. The lowest BCUT2D eigenvalue weighted by molar-refractivity contribution is -0.0559. The first-order chi connectivity index (χ1) is 11.6. The van der Waals surface area contributed by atoms with Crippen LogP contribution in [-0.4, -0.2) is 34.6 Å². The fourth-order valence-corrected chi connectivity index (χ4v) is 3.57. The van der Waals surface area contributed by atoms with Crippen molar-refractivity contribution >= 4 is 42.7 Å². The predicted molar refractivity (Wildman–Crippen MR) is 97.6 cm³/mol. The molecule has 0 bridgehead atoms. The molecule has 2 aromatic rings. The summed E-state index contributed by atoms with van der Waals surface area (Å²) >= 11 is 1.15. The molecule has 24 heavy (non-hydrogen) atoms. The van der Waals surface area contributed by atoms with Gasteiger partial charge >= 0.3 is 0 Å². The van der Waals surface area contributed by atoms with Crippen LogP contribution in [0.3, 0.4) is 0 Å². The zero-order valence-electron chi connectivity index (χ0n) is 13.0. The number of hydroxylamine groups is 1. The van der Waals surface area contributed by atoms with Crippen LogP contribution in [0.2, 0.25) is 0 Å². The van der Waals surface area contributed by atoms with Crippen LogP contribution in [0.1, 0.15) is 35.1 Å². The lowest BCUT2D eigenvalue weighted by Gasteiger charge is -2.31. The monoisotopic (exact) mass is 337 g/mol. The summed E-state index contributed by atoms with van der Waals surface area (Å²) in [7, 11) is 5.72. The minimum atomic E-state index is -0.320. The van der Waals surface area contributed by atoms with Crippen LogP contribution >= 0.6 is 11.9 Å². The average Bonchev–Trinajstić information content (AvgIpc) is 3.06. The van der Waals surface area contributed by atoms with Crippen LogP contribution in [0.25, 0.3) is 4.91 Å². The molecule has 0 aliphatic carbocycles. The third-order valence-electron chi connectivity index (χ3n) is 3.87. The fourth-order valence-electron chi connectivity index (χ4n) is 2.68. The molecule has 1 aliphatic heterocycles. The van der Waals surface area contributed by atoms with Crippen molar-refractivity contribution in [3.05, 3.63) is 60.1 Å². The van der Waals surface area contributed by atoms with E-state index in [0.29, 0.717) is 24.0 Å². The summed E-state index contributed by atoms with van der Waals surface area (Å²) in [5.41, 5.74) is 2.16. The molecule has 2 heterocycles. The van der Waals surface area contributed by atoms with E-state index in [1.165, 1.54) is 0 Å². The van der Waals surface area contributed by atoms with Crippen molar-refractivity contribution in [1.29, 1.82) is 0 Å². The second kappa shape index (κ2) is 7.21. The Morgan fingerprint density at radius 3 is 2.88 bits per heavy atom. The molecule has 7 heteroatoms. The summed E-state index contributed by atoms with van der Waals surface area (Å²) < 4.78 is 2.95. The number of aromatic nitrogens is 1. The summed E-state index contributed by atoms with van der Waals surface area (Å²) in [4.78, 5) is 16.5. The van der Waals surface area contributed by atoms with E-state index < -0.39 is 0 Å². The van der Waals surface area contributed by atoms with Crippen molar-refractivity contribution in [2.24, 2.45) is 4.99 Å². The molecule has 3 rings (SSSR count). The van der Waals surface area contributed by atoms with Gasteiger partial charge in [-0.1, -0.05) is 29.7 Å². The van der Waals surface area contributed by atoms with Crippen LogP contribution in [0.15, 0.2) is 53.8 Å². The first kappa shape index (κ1) is 16.8. The van der Waals surface area contributed by atoms with Crippen molar-refractivity contribution in [1.82, 2.24) is 9.04 Å². The van der Waals surface area contributed by atoms with Gasteiger partial charge in [-0.3, -0.25) is 9.79 Å². The number of fused-ring (bicyclic) bond motifs is 1. The van der Waals surface area contributed by atoms with E-state index in [1.807, 2.05) is 18.2 Å². The summed E-state index contributed by atoms with van der Waals surface area (Å²) in [6.07, 6.45) is 4.02. The molecular weight excluding hydrogens is 321 g/mol. The Kier molecular flexibility index (Phi) is 5.04. The van der Waals surface area contributed by atoms with Crippen LogP contribution < -0.4 is 5.46 Å². The molecular formula is C17H16BN3O2S. The van der Waals surface area contributed by atoms with Gasteiger partial charge < -0.3 is 9.77 Å². The third-order valence-corrected chi connectivity index (χ3v) is 4.83. The van der Waals surface area contributed by atoms with Crippen LogP contribution in [0.4, 0.5) is 0 Å². The molecule has 1 aromatic heterocycles. The molecule has 1 aliphatic rings. The first-order valence-corrected chi connectivity index (χ1v) is 8.25. The number of carbonyl (C=O) groups is 1. The number of rotatable bonds is 5. The summed E-state index contributed by atoms with van der Waals surface area (Å²) in [5.74, 6) is 0.0942. The number of aliphatic imine (C=N–C) groups is 1. The van der Waals surface area contributed by atoms with E-state index >= 15 is 0 Å². The van der Waals surface area contributed by atoms with Crippen molar-refractivity contribution in [2.75, 3.05) is 0 Å². The van der Waals surface area contributed by atoms with Crippen molar-refractivity contribution < 1.29 is 10.0 Å². The van der Waals surface area contributed by atoms with E-state index in [0.717, 1.165) is 26.9 Å². The van der Waals surface area contributed by atoms with E-state index in [2.05, 4.69) is 11.7 Å². The number of ketones is 1. The molecule has 0 spiro atoms. The maximum atomic E-state index is 11.9. The molecule has 1 unspecified atom stereocenters. The number of Topliss-reactive ketones (excluding diaryl/α,β-unsaturated/α-hetero) is 1. The Labute approximate surface area is 146 Å². The van der Waals surface area contributed by atoms with Crippen molar-refractivity contribution in [3.63, 3.8) is 0 Å². The highest BCUT2D eigenvalue weighted by Crippen LogP contribution is 2.37. The lowest BCUT2D eigenvalue weighted by atomic mass is 9.95. The number of benzene rings is 1. The summed E-state index contributed by atoms with van der Waals surface area (Å²) in [5, 5.41) is 10.6. The summed E-state index contributed by atoms with van der Waals surface area (Å²) in [6, 6.07) is 10.9. The van der Waals surface area contributed by atoms with E-state index in [4.69, 9.17) is 7.85 Å². The normalized spacial score (nSPS) is 17.8. The molecule has 2 radical (unpaired) electrons. The van der Waals surface area contributed by atoms with Gasteiger partial charge in [0, 0.05) is 18.8 Å². The van der Waals surface area contributed by atoms with Gasteiger partial charge in [-0.05, 0) is 42.8 Å². The van der Waals surface area contributed by atoms with Gasteiger partial charge in [0.2, 0.25) is 0 Å². The smallest absolute Gasteiger partial charge is 0.179 e. The SMILES string of the molecule is [B]c1ccc(/C(=C/N=C)SN(O)C2CCC(=O)c3cccn32)cc1. The zero-order valence-corrected chi connectivity index (χ0v) is 13.8. The van der Waals surface area contributed by atoms with Gasteiger partial charge in [0.1, 0.15) is 14.0 Å². The Bertz CT molecular complexity index is 785. The van der Waals surface area contributed by atoms with Crippen LogP contribution in [0.5, 0.6) is 0 Å². The molecule has 0 saturated heterocycles. The van der Waals surface area contributed by atoms with E-state index in [9.17, 15) is 10.0 Å². The number of hydrogen-bond donors (Lipinski definition) is 1. The Hall–Kier alpha value is -2.09. The Morgan fingerprint density at radius 1 is 1.42 bits per heavy atom. The quantitative estimate of drug-likeness (QED) is 0.395. The van der Waals surface area contributed by atoms with Gasteiger partial charge in [-0.2, -0.15) is 0 Å². The second-order valence-electron chi connectivity index (χ2n) is 5.43. The van der Waals surface area contributed by atoms with E-state index in [1.54, 1.807) is 35.2 Å². The van der Waals surface area contributed by atoms with Crippen molar-refractivity contribution in [2.45, 2.75) is 19.0 Å². The average molecular weight is 337 g/mol. The van der Waals surface area contributed by atoms with E-state index in [-0.39, 0.29) is 11.9 Å². The first-order valence-electron chi connectivity index (χ1n) is 7.48.